The van der Waals surface area contributed by atoms with E-state index in [0.29, 0.717) is 18.0 Å². The van der Waals surface area contributed by atoms with Crippen molar-refractivity contribution in [2.24, 2.45) is 0 Å². The van der Waals surface area contributed by atoms with Crippen LogP contribution in [0.3, 0.4) is 0 Å². The minimum absolute atomic E-state index is 0.266. The van der Waals surface area contributed by atoms with E-state index in [-0.39, 0.29) is 12.5 Å². The maximum Gasteiger partial charge on any atom is 0.325 e. The van der Waals surface area contributed by atoms with E-state index < -0.39 is 17.5 Å². The smallest absolute Gasteiger partial charge is 0.325 e. The average molecular weight is 317 g/mol. The van der Waals surface area contributed by atoms with Crippen molar-refractivity contribution < 1.29 is 14.4 Å². The fourth-order valence-electron chi connectivity index (χ4n) is 2.63. The van der Waals surface area contributed by atoms with Crippen molar-refractivity contribution in [1.29, 1.82) is 0 Å². The first-order valence-electron chi connectivity index (χ1n) is 7.80. The van der Waals surface area contributed by atoms with Crippen molar-refractivity contribution in [1.82, 2.24) is 15.5 Å². The number of likely N-dealkylation sites (N-methyl/N-ethyl adjacent to an activating group) is 1. The first kappa shape index (κ1) is 17.0. The highest BCUT2D eigenvalue weighted by atomic mass is 16.2. The van der Waals surface area contributed by atoms with E-state index >= 15 is 0 Å². The van der Waals surface area contributed by atoms with Crippen LogP contribution in [0.25, 0.3) is 0 Å². The van der Waals surface area contributed by atoms with E-state index in [1.807, 2.05) is 24.3 Å². The zero-order chi connectivity index (χ0) is 17.2. The molecule has 0 aliphatic carbocycles. The third-order valence-electron chi connectivity index (χ3n) is 4.11. The second-order valence-electron chi connectivity index (χ2n) is 6.18. The number of rotatable bonds is 5. The molecule has 6 nitrogen and oxygen atoms in total. The highest BCUT2D eigenvalue weighted by Crippen LogP contribution is 2.29. The van der Waals surface area contributed by atoms with Gasteiger partial charge in [0.2, 0.25) is 5.91 Å². The Bertz CT molecular complexity index is 624. The second-order valence-corrected chi connectivity index (χ2v) is 6.18. The van der Waals surface area contributed by atoms with Crippen molar-refractivity contribution in [2.45, 2.75) is 39.2 Å². The molecule has 4 amide bonds. The molecule has 1 saturated heterocycles. The maximum atomic E-state index is 12.7. The van der Waals surface area contributed by atoms with Gasteiger partial charge in [-0.15, -0.1) is 0 Å². The Balaban J connectivity index is 2.23. The molecule has 0 unspecified atom stereocenters. The SMILES string of the molecule is CCNC(=O)CN1C(=O)N[C@](C)(c2ccc(C(C)C)cc2)C1=O. The number of urea groups is 1. The molecular formula is C17H23N3O3. The minimum Gasteiger partial charge on any atom is -0.355 e. The van der Waals surface area contributed by atoms with Crippen LogP contribution in [0.5, 0.6) is 0 Å². The molecule has 2 N–H and O–H groups in total. The van der Waals surface area contributed by atoms with E-state index in [1.165, 1.54) is 0 Å². The van der Waals surface area contributed by atoms with Crippen LogP contribution in [-0.2, 0) is 15.1 Å². The van der Waals surface area contributed by atoms with Crippen molar-refractivity contribution in [3.63, 3.8) is 0 Å². The van der Waals surface area contributed by atoms with Gasteiger partial charge in [-0.1, -0.05) is 38.1 Å². The molecule has 1 fully saturated rings. The molecule has 6 heteroatoms. The molecule has 23 heavy (non-hydrogen) atoms. The summed E-state index contributed by atoms with van der Waals surface area (Å²) >= 11 is 0. The molecule has 1 atom stereocenters. The first-order valence-corrected chi connectivity index (χ1v) is 7.80. The highest BCUT2D eigenvalue weighted by molar-refractivity contribution is 6.09. The van der Waals surface area contributed by atoms with Crippen molar-refractivity contribution >= 4 is 17.8 Å². The molecule has 124 valence electrons. The summed E-state index contributed by atoms with van der Waals surface area (Å²) in [6, 6.07) is 7.07. The largest absolute Gasteiger partial charge is 0.355 e. The number of nitrogens with one attached hydrogen (secondary N) is 2. The van der Waals surface area contributed by atoms with Crippen molar-refractivity contribution in [3.8, 4) is 0 Å². The van der Waals surface area contributed by atoms with Crippen LogP contribution in [-0.4, -0.2) is 35.8 Å². The minimum atomic E-state index is -1.14. The van der Waals surface area contributed by atoms with Gasteiger partial charge in [-0.2, -0.15) is 0 Å². The summed E-state index contributed by atoms with van der Waals surface area (Å²) in [5.41, 5.74) is 0.728. The van der Waals surface area contributed by atoms with Crippen LogP contribution < -0.4 is 10.6 Å². The molecular weight excluding hydrogens is 294 g/mol. The number of hydrogen-bond donors (Lipinski definition) is 2. The highest BCUT2D eigenvalue weighted by Gasteiger charge is 2.49. The van der Waals surface area contributed by atoms with Crippen LogP contribution in [0.2, 0.25) is 0 Å². The lowest BCUT2D eigenvalue weighted by atomic mass is 9.90. The molecule has 0 aromatic heterocycles. The Morgan fingerprint density at radius 1 is 1.26 bits per heavy atom. The lowest BCUT2D eigenvalue weighted by molar-refractivity contribution is -0.134. The normalized spacial score (nSPS) is 20.8. The summed E-state index contributed by atoms with van der Waals surface area (Å²) in [5, 5.41) is 5.29. The van der Waals surface area contributed by atoms with Gasteiger partial charge >= 0.3 is 6.03 Å². The van der Waals surface area contributed by atoms with Gasteiger partial charge in [0, 0.05) is 6.54 Å². The average Bonchev–Trinajstić information content (AvgIpc) is 2.72. The number of carbonyl (C=O) groups excluding carboxylic acids is 3. The predicted octanol–water partition coefficient (Wildman–Crippen LogP) is 1.71. The van der Waals surface area contributed by atoms with Crippen LogP contribution in [0.4, 0.5) is 4.79 Å². The Labute approximate surface area is 136 Å². The molecule has 0 spiro atoms. The Kier molecular flexibility index (Phi) is 4.73. The van der Waals surface area contributed by atoms with Gasteiger partial charge in [0.1, 0.15) is 12.1 Å². The molecule has 1 aromatic carbocycles. The van der Waals surface area contributed by atoms with Gasteiger partial charge in [-0.25, -0.2) is 4.79 Å². The molecule has 0 radical (unpaired) electrons. The topological polar surface area (TPSA) is 78.5 Å². The lowest BCUT2D eigenvalue weighted by Gasteiger charge is -2.22. The van der Waals surface area contributed by atoms with Crippen LogP contribution in [0.1, 0.15) is 44.7 Å². The molecule has 0 bridgehead atoms. The van der Waals surface area contributed by atoms with Gasteiger partial charge in [0.15, 0.2) is 0 Å². The third-order valence-corrected chi connectivity index (χ3v) is 4.11. The summed E-state index contributed by atoms with van der Waals surface area (Å²) in [6.07, 6.45) is 0. The van der Waals surface area contributed by atoms with Crippen LogP contribution in [0.15, 0.2) is 24.3 Å². The van der Waals surface area contributed by atoms with E-state index in [2.05, 4.69) is 24.5 Å². The summed E-state index contributed by atoms with van der Waals surface area (Å²) in [7, 11) is 0. The van der Waals surface area contributed by atoms with Crippen molar-refractivity contribution in [2.75, 3.05) is 13.1 Å². The van der Waals surface area contributed by atoms with Crippen LogP contribution in [0, 0.1) is 0 Å². The molecule has 1 aliphatic heterocycles. The van der Waals surface area contributed by atoms with Crippen LogP contribution >= 0.6 is 0 Å². The van der Waals surface area contributed by atoms with Gasteiger partial charge in [-0.3, -0.25) is 14.5 Å². The summed E-state index contributed by atoms with van der Waals surface area (Å²) in [6.45, 7) is 7.81. The fourth-order valence-corrected chi connectivity index (χ4v) is 2.63. The zero-order valence-electron chi connectivity index (χ0n) is 14.0. The monoisotopic (exact) mass is 317 g/mol. The third kappa shape index (κ3) is 3.21. The van der Waals surface area contributed by atoms with Gasteiger partial charge in [0.25, 0.3) is 5.91 Å². The quantitative estimate of drug-likeness (QED) is 0.812. The van der Waals surface area contributed by atoms with Gasteiger partial charge in [0.05, 0.1) is 0 Å². The molecule has 1 aliphatic rings. The lowest BCUT2D eigenvalue weighted by Crippen LogP contribution is -2.43. The van der Waals surface area contributed by atoms with E-state index in [0.717, 1.165) is 10.5 Å². The number of hydrogen-bond acceptors (Lipinski definition) is 3. The predicted molar refractivity (Wildman–Crippen MR) is 86.8 cm³/mol. The molecule has 1 aromatic rings. The Morgan fingerprint density at radius 2 is 1.87 bits per heavy atom. The van der Waals surface area contributed by atoms with E-state index in [1.54, 1.807) is 13.8 Å². The van der Waals surface area contributed by atoms with Crippen molar-refractivity contribution in [3.05, 3.63) is 35.4 Å². The number of carbonyl (C=O) groups is 3. The number of nitrogens with zero attached hydrogens (tertiary/aromatic N) is 1. The number of benzene rings is 1. The Morgan fingerprint density at radius 3 is 2.39 bits per heavy atom. The first-order chi connectivity index (χ1) is 10.8. The van der Waals surface area contributed by atoms with E-state index in [9.17, 15) is 14.4 Å². The van der Waals surface area contributed by atoms with Gasteiger partial charge < -0.3 is 10.6 Å². The molecule has 2 rings (SSSR count). The summed E-state index contributed by atoms with van der Waals surface area (Å²) in [5.74, 6) is -0.374. The number of imide groups is 1. The zero-order valence-corrected chi connectivity index (χ0v) is 14.0. The summed E-state index contributed by atoms with van der Waals surface area (Å²) < 4.78 is 0. The van der Waals surface area contributed by atoms with E-state index in [4.69, 9.17) is 0 Å². The van der Waals surface area contributed by atoms with Gasteiger partial charge in [-0.05, 0) is 30.9 Å². The number of amides is 4. The standard InChI is InChI=1S/C17H23N3O3/c1-5-18-14(21)10-20-15(22)17(4,19-16(20)23)13-8-6-12(7-9-13)11(2)3/h6-9,11H,5,10H2,1-4H3,(H,18,21)(H,19,23)/t17-/m1/s1. The maximum absolute atomic E-state index is 12.7. The molecule has 0 saturated carbocycles. The fraction of sp³-hybridized carbons (Fsp3) is 0.471. The summed E-state index contributed by atoms with van der Waals surface area (Å²) in [4.78, 5) is 37.4. The molecule has 1 heterocycles. The second kappa shape index (κ2) is 6.40. The Hall–Kier alpha value is -2.37.